The van der Waals surface area contributed by atoms with Crippen LogP contribution < -0.4 is 21.7 Å². The molecule has 11 heteroatoms. The number of halogens is 1. The Kier molecular flexibility index (Phi) is 13.5. The Morgan fingerprint density at radius 2 is 1.73 bits per heavy atom. The normalized spacial score (nSPS) is 14.0. The first-order valence-electron chi connectivity index (χ1n) is 8.17. The molecule has 0 rings (SSSR count). The smallest absolute Gasteiger partial charge is 0.328 e. The van der Waals surface area contributed by atoms with E-state index in [-0.39, 0.29) is 16.9 Å². The van der Waals surface area contributed by atoms with Gasteiger partial charge in [0.05, 0.1) is 10.5 Å². The van der Waals surface area contributed by atoms with Gasteiger partial charge in [0.1, 0.15) is 12.1 Å². The van der Waals surface area contributed by atoms with Crippen molar-refractivity contribution in [3.63, 3.8) is 0 Å². The standard InChI is InChI=1S/C15H27IN4O5S/c1-3-4-10(19-13(22)9(17)5-6-26-2)14(23)20-11(15(24)25)8-18-12(21)7-16/h9-11H,3-8,17H2,1-2H3,(H,18,21)(H,19,22)(H,20,23)(H,24,25)/t9-,10+,11+/m1/s1. The number of carbonyl (C=O) groups excluding carboxylic acids is 3. The summed E-state index contributed by atoms with van der Waals surface area (Å²) in [6.07, 6.45) is 3.34. The van der Waals surface area contributed by atoms with E-state index in [1.54, 1.807) is 11.8 Å². The lowest BCUT2D eigenvalue weighted by Crippen LogP contribution is -2.56. The van der Waals surface area contributed by atoms with Gasteiger partial charge < -0.3 is 26.8 Å². The Labute approximate surface area is 171 Å². The molecule has 0 spiro atoms. The molecule has 26 heavy (non-hydrogen) atoms. The van der Waals surface area contributed by atoms with Crippen LogP contribution in [0.5, 0.6) is 0 Å². The number of hydrogen-bond donors (Lipinski definition) is 5. The summed E-state index contributed by atoms with van der Waals surface area (Å²) in [4.78, 5) is 47.1. The highest BCUT2D eigenvalue weighted by Crippen LogP contribution is 2.02. The highest BCUT2D eigenvalue weighted by molar-refractivity contribution is 14.1. The fourth-order valence-electron chi connectivity index (χ4n) is 1.95. The molecule has 0 aromatic rings. The molecule has 9 nitrogen and oxygen atoms in total. The number of alkyl halides is 1. The molecule has 0 aromatic heterocycles. The topological polar surface area (TPSA) is 151 Å². The Morgan fingerprint density at radius 3 is 2.23 bits per heavy atom. The Morgan fingerprint density at radius 1 is 1.12 bits per heavy atom. The van der Waals surface area contributed by atoms with Crippen LogP contribution >= 0.6 is 34.4 Å². The zero-order valence-electron chi connectivity index (χ0n) is 14.9. The van der Waals surface area contributed by atoms with Crippen LogP contribution in [0.2, 0.25) is 0 Å². The Hall–Kier alpha value is -1.08. The molecule has 0 radical (unpaired) electrons. The van der Waals surface area contributed by atoms with Crippen LogP contribution in [0.1, 0.15) is 26.2 Å². The number of thioether (sulfide) groups is 1. The molecule has 0 aliphatic heterocycles. The summed E-state index contributed by atoms with van der Waals surface area (Å²) in [5.74, 6) is -1.95. The van der Waals surface area contributed by atoms with E-state index in [1.165, 1.54) is 0 Å². The summed E-state index contributed by atoms with van der Waals surface area (Å²) >= 11 is 3.41. The lowest BCUT2D eigenvalue weighted by atomic mass is 10.1. The maximum absolute atomic E-state index is 12.4. The molecule has 0 unspecified atom stereocenters. The van der Waals surface area contributed by atoms with Crippen LogP contribution in [-0.2, 0) is 19.2 Å². The average molecular weight is 502 g/mol. The van der Waals surface area contributed by atoms with Crippen molar-refractivity contribution in [1.82, 2.24) is 16.0 Å². The van der Waals surface area contributed by atoms with E-state index >= 15 is 0 Å². The van der Waals surface area contributed by atoms with Gasteiger partial charge in [0.15, 0.2) is 0 Å². The molecular weight excluding hydrogens is 475 g/mol. The summed E-state index contributed by atoms with van der Waals surface area (Å²) in [6.45, 7) is 1.61. The van der Waals surface area contributed by atoms with Crippen molar-refractivity contribution in [2.45, 2.75) is 44.3 Å². The Bertz CT molecular complexity index is 495. The molecular formula is C15H27IN4O5S. The SMILES string of the molecule is CCC[C@H](NC(=O)[C@H](N)CCSC)C(=O)N[C@@H](CNC(=O)CI)C(=O)O. The van der Waals surface area contributed by atoms with E-state index in [0.717, 1.165) is 5.75 Å². The molecule has 0 aliphatic rings. The fraction of sp³-hybridized carbons (Fsp3) is 0.733. The highest BCUT2D eigenvalue weighted by atomic mass is 127. The van der Waals surface area contributed by atoms with E-state index < -0.39 is 35.9 Å². The first-order valence-corrected chi connectivity index (χ1v) is 11.1. The van der Waals surface area contributed by atoms with E-state index in [9.17, 15) is 24.3 Å². The molecule has 0 saturated carbocycles. The monoisotopic (exact) mass is 502 g/mol. The average Bonchev–Trinajstić information content (AvgIpc) is 2.61. The number of aliphatic carboxylic acids is 1. The lowest BCUT2D eigenvalue weighted by molar-refractivity contribution is -0.142. The second kappa shape index (κ2) is 14.0. The zero-order valence-corrected chi connectivity index (χ0v) is 17.9. The summed E-state index contributed by atoms with van der Waals surface area (Å²) in [5, 5.41) is 16.6. The molecule has 0 saturated heterocycles. The quantitative estimate of drug-likeness (QED) is 0.168. The Balaban J connectivity index is 4.83. The molecule has 3 atom stereocenters. The van der Waals surface area contributed by atoms with Crippen molar-refractivity contribution < 1.29 is 24.3 Å². The minimum atomic E-state index is -1.28. The molecule has 0 aromatic carbocycles. The second-order valence-corrected chi connectivity index (χ2v) is 7.32. The van der Waals surface area contributed by atoms with E-state index in [2.05, 4.69) is 16.0 Å². The second-order valence-electron chi connectivity index (χ2n) is 5.57. The van der Waals surface area contributed by atoms with E-state index in [1.807, 2.05) is 35.8 Å². The van der Waals surface area contributed by atoms with Gasteiger partial charge in [-0.2, -0.15) is 11.8 Å². The maximum Gasteiger partial charge on any atom is 0.328 e. The molecule has 0 aliphatic carbocycles. The highest BCUT2D eigenvalue weighted by Gasteiger charge is 2.27. The molecule has 0 bridgehead atoms. The number of nitrogens with one attached hydrogen (secondary N) is 3. The number of carboxylic acids is 1. The lowest BCUT2D eigenvalue weighted by Gasteiger charge is -2.22. The predicted octanol–water partition coefficient (Wildman–Crippen LogP) is -0.528. The van der Waals surface area contributed by atoms with Crippen molar-refractivity contribution >= 4 is 58.0 Å². The van der Waals surface area contributed by atoms with Crippen LogP contribution in [0.25, 0.3) is 0 Å². The summed E-state index contributed by atoms with van der Waals surface area (Å²) in [6, 6.07) is -2.89. The van der Waals surface area contributed by atoms with Crippen molar-refractivity contribution in [3.05, 3.63) is 0 Å². The third-order valence-corrected chi connectivity index (χ3v) is 4.76. The first-order chi connectivity index (χ1) is 12.3. The summed E-state index contributed by atoms with van der Waals surface area (Å²) < 4.78 is 0.181. The molecule has 3 amide bonds. The van der Waals surface area contributed by atoms with Gasteiger partial charge in [-0.3, -0.25) is 14.4 Å². The number of carbonyl (C=O) groups is 4. The number of nitrogens with two attached hydrogens (primary N) is 1. The van der Waals surface area contributed by atoms with Gasteiger partial charge in [0.25, 0.3) is 0 Å². The van der Waals surface area contributed by atoms with E-state index in [4.69, 9.17) is 5.73 Å². The molecule has 6 N–H and O–H groups in total. The number of rotatable bonds is 13. The van der Waals surface area contributed by atoms with Gasteiger partial charge >= 0.3 is 5.97 Å². The molecule has 0 heterocycles. The van der Waals surface area contributed by atoms with Crippen LogP contribution in [-0.4, -0.2) is 69.9 Å². The van der Waals surface area contributed by atoms with Gasteiger partial charge in [0.2, 0.25) is 17.7 Å². The van der Waals surface area contributed by atoms with E-state index in [0.29, 0.717) is 19.3 Å². The third kappa shape index (κ3) is 10.2. The van der Waals surface area contributed by atoms with Gasteiger partial charge in [0, 0.05) is 6.54 Å². The van der Waals surface area contributed by atoms with Gasteiger partial charge in [-0.05, 0) is 24.9 Å². The van der Waals surface area contributed by atoms with Crippen LogP contribution in [0.3, 0.4) is 0 Å². The summed E-state index contributed by atoms with van der Waals surface area (Å²) in [7, 11) is 0. The molecule has 150 valence electrons. The number of hydrogen-bond acceptors (Lipinski definition) is 6. The zero-order chi connectivity index (χ0) is 20.1. The van der Waals surface area contributed by atoms with Crippen LogP contribution in [0, 0.1) is 0 Å². The third-order valence-electron chi connectivity index (χ3n) is 3.42. The van der Waals surface area contributed by atoms with Crippen molar-refractivity contribution in [2.24, 2.45) is 5.73 Å². The van der Waals surface area contributed by atoms with Gasteiger partial charge in [-0.25, -0.2) is 4.79 Å². The molecule has 0 fully saturated rings. The first kappa shape index (κ1) is 24.9. The predicted molar refractivity (Wildman–Crippen MR) is 109 cm³/mol. The minimum absolute atomic E-state index is 0.181. The van der Waals surface area contributed by atoms with Crippen LogP contribution in [0.15, 0.2) is 0 Å². The van der Waals surface area contributed by atoms with Gasteiger partial charge in [-0.15, -0.1) is 0 Å². The van der Waals surface area contributed by atoms with Crippen molar-refractivity contribution in [2.75, 3.05) is 23.0 Å². The van der Waals surface area contributed by atoms with Crippen molar-refractivity contribution in [3.8, 4) is 0 Å². The summed E-state index contributed by atoms with van der Waals surface area (Å²) in [5.41, 5.74) is 5.79. The fourth-order valence-corrected chi connectivity index (χ4v) is 2.71. The van der Waals surface area contributed by atoms with Gasteiger partial charge in [-0.1, -0.05) is 35.9 Å². The maximum atomic E-state index is 12.4. The van der Waals surface area contributed by atoms with Crippen molar-refractivity contribution in [1.29, 1.82) is 0 Å². The number of amides is 3. The number of carboxylic acid groups (broad SMARTS) is 1. The van der Waals surface area contributed by atoms with Crippen LogP contribution in [0.4, 0.5) is 0 Å². The minimum Gasteiger partial charge on any atom is -0.480 e. The largest absolute Gasteiger partial charge is 0.480 e.